The standard InChI is InChI=1S/4C15H18N/c1-11-7-5-8-12(2)15(11)14-10-6-9-13(3)16(14)4;1-11-8-9-16(4)15(10-11)14-7-5-6-12(2)13(14)3;2*1-11-7-5-6-8-14(11)15-12(2)9-10-13(3)16(15)4/h4*5-10H,1-4H3/q4*+1/i3D3;;3D3;. The van der Waals surface area contributed by atoms with Crippen LogP contribution in [0.25, 0.3) is 45.0 Å². The van der Waals surface area contributed by atoms with Gasteiger partial charge in [0.25, 0.3) is 0 Å². The van der Waals surface area contributed by atoms with Gasteiger partial charge in [-0.1, -0.05) is 66.7 Å². The van der Waals surface area contributed by atoms with Gasteiger partial charge in [0, 0.05) is 93.1 Å². The van der Waals surface area contributed by atoms with Crippen LogP contribution in [0.3, 0.4) is 0 Å². The van der Waals surface area contributed by atoms with Crippen LogP contribution in [-0.4, -0.2) is 0 Å². The molecule has 8 aromatic rings. The molecule has 0 aliphatic rings. The Morgan fingerprint density at radius 2 is 0.812 bits per heavy atom. The van der Waals surface area contributed by atoms with Gasteiger partial charge in [-0.25, -0.2) is 4.57 Å². The second kappa shape index (κ2) is 21.7. The first-order chi connectivity index (χ1) is 32.8. The lowest BCUT2D eigenvalue weighted by atomic mass is 9.99. The molecule has 0 N–H and O–H groups in total. The van der Waals surface area contributed by atoms with E-state index in [4.69, 9.17) is 8.22 Å². The largest absolute Gasteiger partial charge is 0.215 e. The molecule has 0 amide bonds. The molecule has 0 aliphatic carbocycles. The average molecular weight is 855 g/mol. The van der Waals surface area contributed by atoms with Gasteiger partial charge < -0.3 is 0 Å². The van der Waals surface area contributed by atoms with Crippen molar-refractivity contribution < 1.29 is 26.5 Å². The van der Waals surface area contributed by atoms with E-state index in [1.54, 1.807) is 21.3 Å². The molecular formula is C60H72N4+4. The first-order valence-electron chi connectivity index (χ1n) is 25.0. The van der Waals surface area contributed by atoms with Crippen LogP contribution in [0.5, 0.6) is 0 Å². The zero-order valence-electron chi connectivity index (χ0n) is 46.6. The Hall–Kier alpha value is -6.52. The minimum Gasteiger partial charge on any atom is -0.201 e. The highest BCUT2D eigenvalue weighted by molar-refractivity contribution is 5.66. The highest BCUT2D eigenvalue weighted by Crippen LogP contribution is 2.27. The van der Waals surface area contributed by atoms with Crippen LogP contribution in [0.4, 0.5) is 0 Å². The molecule has 64 heavy (non-hydrogen) atoms. The first kappa shape index (κ1) is 40.3. The molecule has 4 aromatic heterocycles. The van der Waals surface area contributed by atoms with E-state index in [0.717, 1.165) is 44.8 Å². The van der Waals surface area contributed by atoms with Gasteiger partial charge in [-0.15, -0.1) is 0 Å². The minimum atomic E-state index is -2.10. The summed E-state index contributed by atoms with van der Waals surface area (Å²) in [7, 11) is 7.85. The summed E-state index contributed by atoms with van der Waals surface area (Å²) in [4.78, 5) is 0. The number of aromatic nitrogens is 4. The molecule has 4 nitrogen and oxygen atoms in total. The number of aryl methyl sites for hydroxylation is 12. The predicted molar refractivity (Wildman–Crippen MR) is 269 cm³/mol. The van der Waals surface area contributed by atoms with E-state index < -0.39 is 13.7 Å². The molecule has 0 atom stereocenters. The third-order valence-corrected chi connectivity index (χ3v) is 12.3. The molecule has 4 heterocycles. The van der Waals surface area contributed by atoms with Crippen molar-refractivity contribution >= 4 is 0 Å². The van der Waals surface area contributed by atoms with Gasteiger partial charge in [-0.2, -0.15) is 13.7 Å². The number of pyridine rings is 4. The van der Waals surface area contributed by atoms with Gasteiger partial charge in [0.1, 0.15) is 28.2 Å². The molecule has 0 saturated carbocycles. The summed E-state index contributed by atoms with van der Waals surface area (Å²) in [5.74, 6) is 0. The number of benzene rings is 4. The molecule has 4 aromatic carbocycles. The summed E-state index contributed by atoms with van der Waals surface area (Å²) in [5.41, 5.74) is 22.5. The van der Waals surface area contributed by atoms with Crippen molar-refractivity contribution in [3.8, 4) is 45.0 Å². The van der Waals surface area contributed by atoms with Crippen LogP contribution in [-0.2, 0) is 28.2 Å². The molecule has 0 bridgehead atoms. The Kier molecular flexibility index (Phi) is 13.7. The zero-order valence-corrected chi connectivity index (χ0v) is 40.6. The SMILES string of the molecule is Cc1cc[n+](C)c(-c2cccc(C)c2C)c1.Cc1ccccc1-c1c(C)ccc(C)[n+]1C.[2H]C([2H])([2H])c1ccc(C)c(-c2ccccc2C)[n+]1C.[2H]C([2H])([2H])c1cccc(-c2c(C)cccc2C)[n+]1C. The molecule has 8 rings (SSSR count). The van der Waals surface area contributed by atoms with Gasteiger partial charge in [-0.3, -0.25) is 0 Å². The Labute approximate surface area is 394 Å². The third kappa shape index (κ3) is 11.3. The monoisotopic (exact) mass is 855 g/mol. The topological polar surface area (TPSA) is 15.5 Å². The fourth-order valence-corrected chi connectivity index (χ4v) is 8.15. The van der Waals surface area contributed by atoms with Crippen molar-refractivity contribution in [1.29, 1.82) is 0 Å². The Bertz CT molecular complexity index is 3110. The summed E-state index contributed by atoms with van der Waals surface area (Å²) >= 11 is 0. The lowest BCUT2D eigenvalue weighted by molar-refractivity contribution is -0.667. The van der Waals surface area contributed by atoms with Gasteiger partial charge in [0.2, 0.25) is 22.8 Å². The van der Waals surface area contributed by atoms with Crippen molar-refractivity contribution in [2.45, 2.75) is 82.9 Å². The second-order valence-electron chi connectivity index (χ2n) is 17.1. The van der Waals surface area contributed by atoms with E-state index in [1.807, 2.05) is 102 Å². The van der Waals surface area contributed by atoms with Crippen LogP contribution in [0.15, 0.2) is 146 Å². The normalized spacial score (nSPS) is 12.3. The van der Waals surface area contributed by atoms with E-state index >= 15 is 0 Å². The summed E-state index contributed by atoms with van der Waals surface area (Å²) in [6, 6.07) is 46.9. The van der Waals surface area contributed by atoms with Crippen molar-refractivity contribution in [3.63, 3.8) is 0 Å². The highest BCUT2D eigenvalue weighted by Gasteiger charge is 2.19. The van der Waals surface area contributed by atoms with Crippen LogP contribution < -0.4 is 18.3 Å². The zero-order chi connectivity index (χ0) is 51.8. The summed E-state index contributed by atoms with van der Waals surface area (Å²) in [5, 5.41) is 0. The van der Waals surface area contributed by atoms with E-state index in [1.165, 1.54) is 56.0 Å². The number of hydrogen-bond donors (Lipinski definition) is 0. The van der Waals surface area contributed by atoms with Gasteiger partial charge in [-0.05, 0) is 138 Å². The maximum absolute atomic E-state index is 7.61. The molecule has 0 aliphatic heterocycles. The maximum atomic E-state index is 7.61. The highest BCUT2D eigenvalue weighted by atomic mass is 15.0. The number of rotatable bonds is 4. The van der Waals surface area contributed by atoms with Gasteiger partial charge in [0.05, 0.1) is 5.56 Å². The lowest BCUT2D eigenvalue weighted by Gasteiger charge is -2.08. The minimum absolute atomic E-state index is 0.354. The third-order valence-electron chi connectivity index (χ3n) is 12.3. The van der Waals surface area contributed by atoms with E-state index in [0.29, 0.717) is 11.4 Å². The molecule has 0 fully saturated rings. The summed E-state index contributed by atoms with van der Waals surface area (Å²) in [6.07, 6.45) is 2.12. The van der Waals surface area contributed by atoms with Crippen molar-refractivity contribution in [2.75, 3.05) is 0 Å². The summed E-state index contributed by atoms with van der Waals surface area (Å²) < 4.78 is 53.6. The number of nitrogens with zero attached hydrogens (tertiary/aromatic N) is 4. The van der Waals surface area contributed by atoms with E-state index in [2.05, 4.69) is 138 Å². The first-order valence-corrected chi connectivity index (χ1v) is 22.0. The van der Waals surface area contributed by atoms with Crippen molar-refractivity contribution in [3.05, 3.63) is 213 Å². The molecule has 328 valence electrons. The summed E-state index contributed by atoms with van der Waals surface area (Å²) in [6.45, 7) is 16.9. The van der Waals surface area contributed by atoms with Crippen LogP contribution >= 0.6 is 0 Å². The quantitative estimate of drug-likeness (QED) is 0.157. The molecular weight excluding hydrogens is 777 g/mol. The maximum Gasteiger partial charge on any atom is 0.215 e. The van der Waals surface area contributed by atoms with Crippen molar-refractivity contribution in [2.24, 2.45) is 28.2 Å². The smallest absolute Gasteiger partial charge is 0.201 e. The fourth-order valence-electron chi connectivity index (χ4n) is 8.15. The Morgan fingerprint density at radius 3 is 1.38 bits per heavy atom. The van der Waals surface area contributed by atoms with Crippen LogP contribution in [0, 0.1) is 82.9 Å². The molecule has 0 radical (unpaired) electrons. The predicted octanol–water partition coefficient (Wildman–Crippen LogP) is 12.4. The molecule has 0 saturated heterocycles. The Morgan fingerprint density at radius 1 is 0.359 bits per heavy atom. The van der Waals surface area contributed by atoms with E-state index in [-0.39, 0.29) is 0 Å². The van der Waals surface area contributed by atoms with Crippen molar-refractivity contribution in [1.82, 2.24) is 0 Å². The molecule has 4 heteroatoms. The van der Waals surface area contributed by atoms with Gasteiger partial charge in [0.15, 0.2) is 23.3 Å². The molecule has 0 spiro atoms. The lowest BCUT2D eigenvalue weighted by Crippen LogP contribution is -2.35. The number of hydrogen-bond acceptors (Lipinski definition) is 0. The second-order valence-corrected chi connectivity index (χ2v) is 17.1. The van der Waals surface area contributed by atoms with Crippen LogP contribution in [0.2, 0.25) is 0 Å². The Balaban J connectivity index is 0.000000174. The average Bonchev–Trinajstić information content (AvgIpc) is 3.28. The van der Waals surface area contributed by atoms with Gasteiger partial charge >= 0.3 is 0 Å². The van der Waals surface area contributed by atoms with E-state index in [9.17, 15) is 0 Å². The fraction of sp³-hybridized carbons (Fsp3) is 0.267. The molecule has 0 unspecified atom stereocenters. The van der Waals surface area contributed by atoms with Crippen LogP contribution in [0.1, 0.15) is 75.4 Å².